The zero-order valence-corrected chi connectivity index (χ0v) is 12.2. The number of rotatable bonds is 1. The molecule has 1 amide bonds. The molecule has 1 heterocycles. The maximum absolute atomic E-state index is 12.7. The van der Waals surface area contributed by atoms with Crippen LogP contribution in [0.3, 0.4) is 0 Å². The topological polar surface area (TPSA) is 32.3 Å². The van der Waals surface area contributed by atoms with Crippen LogP contribution in [0.2, 0.25) is 0 Å². The van der Waals surface area contributed by atoms with Crippen LogP contribution < -0.4 is 5.32 Å². The predicted molar refractivity (Wildman–Crippen MR) is 74.4 cm³/mol. The Morgan fingerprint density at radius 1 is 1.17 bits per heavy atom. The average Bonchev–Trinajstić information content (AvgIpc) is 2.65. The average molecular weight is 252 g/mol. The molecule has 3 nitrogen and oxygen atoms in total. The number of carbonyl (C=O) groups excluding carboxylic acids is 1. The highest BCUT2D eigenvalue weighted by atomic mass is 16.2. The number of hydrogen-bond acceptors (Lipinski definition) is 2. The summed E-state index contributed by atoms with van der Waals surface area (Å²) in [5.41, 5.74) is -0.392. The van der Waals surface area contributed by atoms with Gasteiger partial charge in [0.15, 0.2) is 0 Å². The summed E-state index contributed by atoms with van der Waals surface area (Å²) in [4.78, 5) is 14.9. The molecule has 3 heteroatoms. The van der Waals surface area contributed by atoms with Crippen molar-refractivity contribution in [3.05, 3.63) is 0 Å². The fourth-order valence-electron chi connectivity index (χ4n) is 3.23. The van der Waals surface area contributed by atoms with Crippen LogP contribution in [0.4, 0.5) is 0 Å². The zero-order chi connectivity index (χ0) is 13.2. The van der Waals surface area contributed by atoms with E-state index in [0.29, 0.717) is 17.9 Å². The monoisotopic (exact) mass is 252 g/mol. The van der Waals surface area contributed by atoms with Crippen LogP contribution in [0.25, 0.3) is 0 Å². The molecule has 0 spiro atoms. The first-order valence-electron chi connectivity index (χ1n) is 7.57. The Hall–Kier alpha value is -0.570. The van der Waals surface area contributed by atoms with E-state index in [-0.39, 0.29) is 0 Å². The molecule has 2 aliphatic rings. The molecule has 1 saturated carbocycles. The second-order valence-electron chi connectivity index (χ2n) is 6.71. The van der Waals surface area contributed by atoms with Crippen LogP contribution in [0.1, 0.15) is 59.3 Å². The minimum atomic E-state index is -0.392. The lowest BCUT2D eigenvalue weighted by molar-refractivity contribution is -0.139. The number of nitrogens with one attached hydrogen (secondary N) is 1. The Balaban J connectivity index is 2.14. The quantitative estimate of drug-likeness (QED) is 0.727. The minimum Gasteiger partial charge on any atom is -0.338 e. The molecule has 1 atom stereocenters. The van der Waals surface area contributed by atoms with Crippen LogP contribution in [0.15, 0.2) is 0 Å². The van der Waals surface area contributed by atoms with Gasteiger partial charge >= 0.3 is 0 Å². The van der Waals surface area contributed by atoms with Gasteiger partial charge in [-0.1, -0.05) is 32.6 Å². The van der Waals surface area contributed by atoms with Gasteiger partial charge in [0.05, 0.1) is 5.54 Å². The molecule has 0 aromatic heterocycles. The Labute approximate surface area is 111 Å². The van der Waals surface area contributed by atoms with Crippen LogP contribution in [0.5, 0.6) is 0 Å². The fraction of sp³-hybridized carbons (Fsp3) is 0.933. The summed E-state index contributed by atoms with van der Waals surface area (Å²) in [7, 11) is 0. The second kappa shape index (κ2) is 5.60. The van der Waals surface area contributed by atoms with E-state index in [1.54, 1.807) is 0 Å². The SMILES string of the molecule is CC1CNC(C)(C)C(=O)N(C2CCCCCC2)C1. The van der Waals surface area contributed by atoms with Gasteiger partial charge < -0.3 is 10.2 Å². The normalized spacial score (nSPS) is 30.9. The van der Waals surface area contributed by atoms with Crippen LogP contribution in [0, 0.1) is 5.92 Å². The van der Waals surface area contributed by atoms with Gasteiger partial charge in [0.25, 0.3) is 0 Å². The van der Waals surface area contributed by atoms with E-state index in [1.165, 1.54) is 38.5 Å². The maximum Gasteiger partial charge on any atom is 0.242 e. The zero-order valence-electron chi connectivity index (χ0n) is 12.2. The van der Waals surface area contributed by atoms with E-state index in [9.17, 15) is 4.79 Å². The van der Waals surface area contributed by atoms with Crippen molar-refractivity contribution in [1.29, 1.82) is 0 Å². The highest BCUT2D eigenvalue weighted by Gasteiger charge is 2.38. The third-order valence-corrected chi connectivity index (χ3v) is 4.46. The third kappa shape index (κ3) is 3.05. The summed E-state index contributed by atoms with van der Waals surface area (Å²) in [6.07, 6.45) is 7.67. The Morgan fingerprint density at radius 3 is 2.39 bits per heavy atom. The molecule has 0 aromatic rings. The van der Waals surface area contributed by atoms with Crippen molar-refractivity contribution in [3.8, 4) is 0 Å². The minimum absolute atomic E-state index is 0.304. The van der Waals surface area contributed by atoms with Gasteiger partial charge in [-0.15, -0.1) is 0 Å². The van der Waals surface area contributed by atoms with Gasteiger partial charge in [0, 0.05) is 19.1 Å². The standard InChI is InChI=1S/C15H28N2O/c1-12-10-16-15(2,3)14(18)17(11-12)13-8-6-4-5-7-9-13/h12-13,16H,4-11H2,1-3H3. The van der Waals surface area contributed by atoms with Crippen molar-refractivity contribution in [3.63, 3.8) is 0 Å². The van der Waals surface area contributed by atoms with Crippen LogP contribution >= 0.6 is 0 Å². The lowest BCUT2D eigenvalue weighted by Crippen LogP contribution is -2.54. The van der Waals surface area contributed by atoms with E-state index in [2.05, 4.69) is 17.1 Å². The van der Waals surface area contributed by atoms with Crippen molar-refractivity contribution in [2.45, 2.75) is 70.9 Å². The summed E-state index contributed by atoms with van der Waals surface area (Å²) in [5, 5.41) is 3.41. The lowest BCUT2D eigenvalue weighted by atomic mass is 10.0. The smallest absolute Gasteiger partial charge is 0.242 e. The molecule has 1 N–H and O–H groups in total. The van der Waals surface area contributed by atoms with Gasteiger partial charge in [-0.25, -0.2) is 0 Å². The largest absolute Gasteiger partial charge is 0.338 e. The summed E-state index contributed by atoms with van der Waals surface area (Å²) in [6.45, 7) is 8.17. The highest BCUT2D eigenvalue weighted by Crippen LogP contribution is 2.26. The molecule has 0 bridgehead atoms. The molecule has 2 fully saturated rings. The van der Waals surface area contributed by atoms with Gasteiger partial charge in [-0.2, -0.15) is 0 Å². The van der Waals surface area contributed by atoms with Gasteiger partial charge in [-0.3, -0.25) is 4.79 Å². The van der Waals surface area contributed by atoms with Gasteiger partial charge in [0.1, 0.15) is 0 Å². The third-order valence-electron chi connectivity index (χ3n) is 4.46. The van der Waals surface area contributed by atoms with Crippen molar-refractivity contribution < 1.29 is 4.79 Å². The van der Waals surface area contributed by atoms with Crippen LogP contribution in [-0.2, 0) is 4.79 Å². The Kier molecular flexibility index (Phi) is 4.31. The first-order chi connectivity index (χ1) is 8.50. The van der Waals surface area contributed by atoms with Crippen molar-refractivity contribution in [1.82, 2.24) is 10.2 Å². The highest BCUT2D eigenvalue weighted by molar-refractivity contribution is 5.86. The summed E-state index contributed by atoms with van der Waals surface area (Å²) >= 11 is 0. The van der Waals surface area contributed by atoms with E-state index in [0.717, 1.165) is 13.1 Å². The number of nitrogens with zero attached hydrogens (tertiary/aromatic N) is 1. The summed E-state index contributed by atoms with van der Waals surface area (Å²) in [6, 6.07) is 0.488. The molecule has 0 radical (unpaired) electrons. The second-order valence-corrected chi connectivity index (χ2v) is 6.71. The first-order valence-corrected chi connectivity index (χ1v) is 7.57. The molecule has 1 unspecified atom stereocenters. The maximum atomic E-state index is 12.7. The van der Waals surface area contributed by atoms with Crippen molar-refractivity contribution in [2.75, 3.05) is 13.1 Å². The molecule has 1 aliphatic heterocycles. The Bertz CT molecular complexity index is 293. The number of amides is 1. The van der Waals surface area contributed by atoms with Crippen molar-refractivity contribution in [2.24, 2.45) is 5.92 Å². The molecule has 0 aromatic carbocycles. The van der Waals surface area contributed by atoms with Gasteiger partial charge in [0.2, 0.25) is 5.91 Å². The predicted octanol–water partition coefficient (Wildman–Crippen LogP) is 2.56. The summed E-state index contributed by atoms with van der Waals surface area (Å²) in [5.74, 6) is 0.859. The molecule has 18 heavy (non-hydrogen) atoms. The molecule has 1 aliphatic carbocycles. The fourth-order valence-corrected chi connectivity index (χ4v) is 3.23. The molecule has 104 valence electrons. The number of hydrogen-bond donors (Lipinski definition) is 1. The van der Waals surface area contributed by atoms with E-state index >= 15 is 0 Å². The Morgan fingerprint density at radius 2 is 1.78 bits per heavy atom. The van der Waals surface area contributed by atoms with E-state index in [1.807, 2.05) is 13.8 Å². The molecular formula is C15H28N2O. The van der Waals surface area contributed by atoms with Gasteiger partial charge in [-0.05, 0) is 32.6 Å². The molecule has 1 saturated heterocycles. The molecular weight excluding hydrogens is 224 g/mol. The van der Waals surface area contributed by atoms with Crippen molar-refractivity contribution >= 4 is 5.91 Å². The molecule has 2 rings (SSSR count). The van der Waals surface area contributed by atoms with E-state index < -0.39 is 5.54 Å². The first kappa shape index (κ1) is 13.9. The lowest BCUT2D eigenvalue weighted by Gasteiger charge is -2.35. The summed E-state index contributed by atoms with van der Waals surface area (Å²) < 4.78 is 0. The van der Waals surface area contributed by atoms with Crippen LogP contribution in [-0.4, -0.2) is 35.5 Å². The number of carbonyl (C=O) groups is 1. The van der Waals surface area contributed by atoms with E-state index in [4.69, 9.17) is 0 Å².